The van der Waals surface area contributed by atoms with E-state index in [1.165, 1.54) is 20.3 Å². The zero-order valence-corrected chi connectivity index (χ0v) is 15.5. The Morgan fingerprint density at radius 2 is 1.72 bits per heavy atom. The molecule has 0 heterocycles. The van der Waals surface area contributed by atoms with Crippen LogP contribution in [-0.4, -0.2) is 32.3 Å². The summed E-state index contributed by atoms with van der Waals surface area (Å²) in [6.45, 7) is 0. The van der Waals surface area contributed by atoms with E-state index in [4.69, 9.17) is 38.0 Å². The third-order valence-electron chi connectivity index (χ3n) is 3.29. The van der Waals surface area contributed by atoms with Crippen LogP contribution < -0.4 is 24.8 Å². The first-order valence-corrected chi connectivity index (χ1v) is 7.95. The third-order valence-corrected chi connectivity index (χ3v) is 3.73. The van der Waals surface area contributed by atoms with Crippen molar-refractivity contribution in [3.63, 3.8) is 0 Å². The van der Waals surface area contributed by atoms with Gasteiger partial charge in [0.1, 0.15) is 17.2 Å². The summed E-state index contributed by atoms with van der Waals surface area (Å²) in [6, 6.07) is 9.93. The molecule has 0 saturated heterocycles. The number of halogens is 1. The van der Waals surface area contributed by atoms with Crippen LogP contribution in [0.5, 0.6) is 17.2 Å². The van der Waals surface area contributed by atoms with Gasteiger partial charge in [0.2, 0.25) is 0 Å². The Labute approximate surface area is 156 Å². The average Bonchev–Trinajstić information content (AvgIpc) is 2.61. The molecule has 0 fully saturated rings. The van der Waals surface area contributed by atoms with Crippen LogP contribution in [-0.2, 0) is 0 Å². The second-order valence-corrected chi connectivity index (χ2v) is 5.66. The van der Waals surface area contributed by atoms with Crippen molar-refractivity contribution in [3.05, 3.63) is 47.0 Å². The molecule has 8 heteroatoms. The molecule has 2 aromatic carbocycles. The highest BCUT2D eigenvalue weighted by Gasteiger charge is 2.15. The Kier molecular flexibility index (Phi) is 6.44. The molecule has 0 aliphatic rings. The van der Waals surface area contributed by atoms with Gasteiger partial charge in [-0.3, -0.25) is 10.1 Å². The molecule has 0 atom stereocenters. The molecule has 0 bridgehead atoms. The van der Waals surface area contributed by atoms with Gasteiger partial charge >= 0.3 is 0 Å². The fourth-order valence-corrected chi connectivity index (χ4v) is 2.46. The topological polar surface area (TPSA) is 68.8 Å². The Morgan fingerprint density at radius 1 is 1.00 bits per heavy atom. The normalized spacial score (nSPS) is 9.92. The molecule has 2 rings (SSSR count). The smallest absolute Gasteiger partial charge is 0.261 e. The number of carbonyl (C=O) groups is 1. The van der Waals surface area contributed by atoms with Gasteiger partial charge in [0.25, 0.3) is 5.91 Å². The number of amides is 1. The zero-order valence-electron chi connectivity index (χ0n) is 13.9. The van der Waals surface area contributed by atoms with Gasteiger partial charge in [-0.1, -0.05) is 11.6 Å². The summed E-state index contributed by atoms with van der Waals surface area (Å²) in [4.78, 5) is 12.4. The van der Waals surface area contributed by atoms with Crippen molar-refractivity contribution in [2.75, 3.05) is 26.6 Å². The third kappa shape index (κ3) is 4.74. The molecule has 0 aromatic heterocycles. The van der Waals surface area contributed by atoms with Gasteiger partial charge in [-0.2, -0.15) is 0 Å². The van der Waals surface area contributed by atoms with Crippen molar-refractivity contribution in [1.29, 1.82) is 0 Å². The number of methoxy groups -OCH3 is 3. The van der Waals surface area contributed by atoms with E-state index >= 15 is 0 Å². The molecule has 6 nitrogen and oxygen atoms in total. The first-order chi connectivity index (χ1) is 12.0. The minimum atomic E-state index is -0.440. The summed E-state index contributed by atoms with van der Waals surface area (Å²) < 4.78 is 15.6. The fourth-order valence-electron chi connectivity index (χ4n) is 2.08. The number of anilines is 1. The van der Waals surface area contributed by atoms with Crippen molar-refractivity contribution < 1.29 is 19.0 Å². The van der Waals surface area contributed by atoms with Gasteiger partial charge in [-0.25, -0.2) is 0 Å². The maximum Gasteiger partial charge on any atom is 0.261 e. The molecule has 2 aromatic rings. The lowest BCUT2D eigenvalue weighted by molar-refractivity contribution is 0.0974. The number of benzene rings is 2. The summed E-state index contributed by atoms with van der Waals surface area (Å²) in [7, 11) is 4.56. The lowest BCUT2D eigenvalue weighted by Gasteiger charge is -2.14. The number of thiocarbonyl (C=S) groups is 1. The predicted octanol–water partition coefficient (Wildman–Crippen LogP) is 3.49. The first-order valence-electron chi connectivity index (χ1n) is 7.16. The van der Waals surface area contributed by atoms with E-state index in [0.29, 0.717) is 28.0 Å². The fraction of sp³-hybridized carbons (Fsp3) is 0.176. The molecular weight excluding hydrogens is 364 g/mol. The van der Waals surface area contributed by atoms with Crippen molar-refractivity contribution in [2.24, 2.45) is 0 Å². The van der Waals surface area contributed by atoms with Crippen LogP contribution in [0.3, 0.4) is 0 Å². The van der Waals surface area contributed by atoms with E-state index in [-0.39, 0.29) is 10.7 Å². The minimum absolute atomic E-state index is 0.107. The zero-order chi connectivity index (χ0) is 18.4. The SMILES string of the molecule is COc1ccc(NC(=S)NC(=O)c2cc(Cl)ccc2OC)c(OC)c1. The highest BCUT2D eigenvalue weighted by molar-refractivity contribution is 7.80. The summed E-state index contributed by atoms with van der Waals surface area (Å²) in [5.41, 5.74) is 0.868. The number of rotatable bonds is 5. The van der Waals surface area contributed by atoms with Crippen LogP contribution in [0.2, 0.25) is 5.02 Å². The van der Waals surface area contributed by atoms with Crippen LogP contribution in [0.4, 0.5) is 5.69 Å². The van der Waals surface area contributed by atoms with Gasteiger partial charge in [-0.15, -0.1) is 0 Å². The van der Waals surface area contributed by atoms with Crippen LogP contribution in [0, 0.1) is 0 Å². The monoisotopic (exact) mass is 380 g/mol. The van der Waals surface area contributed by atoms with Gasteiger partial charge in [0, 0.05) is 11.1 Å². The quantitative estimate of drug-likeness (QED) is 0.774. The van der Waals surface area contributed by atoms with Crippen LogP contribution in [0.25, 0.3) is 0 Å². The van der Waals surface area contributed by atoms with Crippen molar-refractivity contribution in [1.82, 2.24) is 5.32 Å². The van der Waals surface area contributed by atoms with Crippen LogP contribution in [0.1, 0.15) is 10.4 Å². The molecule has 0 unspecified atom stereocenters. The predicted molar refractivity (Wildman–Crippen MR) is 101 cm³/mol. The summed E-state index contributed by atoms with van der Waals surface area (Å²) >= 11 is 11.1. The Hall–Kier alpha value is -2.51. The highest BCUT2D eigenvalue weighted by Crippen LogP contribution is 2.29. The number of carbonyl (C=O) groups excluding carboxylic acids is 1. The second kappa shape index (κ2) is 8.55. The van der Waals surface area contributed by atoms with Crippen molar-refractivity contribution in [3.8, 4) is 17.2 Å². The Morgan fingerprint density at radius 3 is 2.36 bits per heavy atom. The lowest BCUT2D eigenvalue weighted by Crippen LogP contribution is -2.34. The van der Waals surface area contributed by atoms with E-state index in [2.05, 4.69) is 10.6 Å². The van der Waals surface area contributed by atoms with Crippen molar-refractivity contribution >= 4 is 40.5 Å². The summed E-state index contributed by atoms with van der Waals surface area (Å²) in [5, 5.41) is 6.02. The van der Waals surface area contributed by atoms with Crippen LogP contribution >= 0.6 is 23.8 Å². The molecule has 0 spiro atoms. The molecule has 0 aliphatic heterocycles. The van der Waals surface area contributed by atoms with Gasteiger partial charge < -0.3 is 19.5 Å². The average molecular weight is 381 g/mol. The standard InChI is InChI=1S/C17H17ClN2O4S/c1-22-11-5-6-13(15(9-11)24-3)19-17(25)20-16(21)12-8-10(18)4-7-14(12)23-2/h4-9H,1-3H3,(H2,19,20,21,25). The molecular formula is C17H17ClN2O4S. The van der Waals surface area contributed by atoms with E-state index in [1.807, 2.05) is 0 Å². The van der Waals surface area contributed by atoms with Crippen LogP contribution in [0.15, 0.2) is 36.4 Å². The van der Waals surface area contributed by atoms with E-state index < -0.39 is 5.91 Å². The summed E-state index contributed by atoms with van der Waals surface area (Å²) in [6.07, 6.45) is 0. The second-order valence-electron chi connectivity index (χ2n) is 4.82. The molecule has 0 aliphatic carbocycles. The minimum Gasteiger partial charge on any atom is -0.497 e. The summed E-state index contributed by atoms with van der Waals surface area (Å²) in [5.74, 6) is 1.12. The maximum absolute atomic E-state index is 12.4. The largest absolute Gasteiger partial charge is 0.497 e. The number of ether oxygens (including phenoxy) is 3. The Bertz CT molecular complexity index is 798. The number of nitrogens with one attached hydrogen (secondary N) is 2. The first kappa shape index (κ1) is 18.8. The van der Waals surface area contributed by atoms with Gasteiger partial charge in [0.05, 0.1) is 32.6 Å². The van der Waals surface area contributed by atoms with E-state index in [9.17, 15) is 4.79 Å². The van der Waals surface area contributed by atoms with Gasteiger partial charge in [0.15, 0.2) is 5.11 Å². The molecule has 1 amide bonds. The molecule has 0 radical (unpaired) electrons. The molecule has 25 heavy (non-hydrogen) atoms. The lowest BCUT2D eigenvalue weighted by atomic mass is 10.2. The number of hydrogen-bond donors (Lipinski definition) is 2. The van der Waals surface area contributed by atoms with Gasteiger partial charge in [-0.05, 0) is 42.5 Å². The Balaban J connectivity index is 2.13. The van der Waals surface area contributed by atoms with E-state index in [0.717, 1.165) is 0 Å². The molecule has 0 saturated carbocycles. The highest BCUT2D eigenvalue weighted by atomic mass is 35.5. The molecule has 2 N–H and O–H groups in total. The van der Waals surface area contributed by atoms with Crippen molar-refractivity contribution in [2.45, 2.75) is 0 Å². The number of hydrogen-bond acceptors (Lipinski definition) is 5. The maximum atomic E-state index is 12.4. The molecule has 132 valence electrons. The van der Waals surface area contributed by atoms with E-state index in [1.54, 1.807) is 37.4 Å².